The molecule has 1 aliphatic rings. The van der Waals surface area contributed by atoms with Gasteiger partial charge in [0, 0.05) is 49.7 Å². The molecule has 2 heterocycles. The Balaban J connectivity index is 1.99. The van der Waals surface area contributed by atoms with Crippen LogP contribution < -0.4 is 15.9 Å². The number of hydrogen-bond donors (Lipinski definition) is 2. The molecule has 1 fully saturated rings. The van der Waals surface area contributed by atoms with Crippen molar-refractivity contribution in [2.45, 2.75) is 34.6 Å². The van der Waals surface area contributed by atoms with Crippen LogP contribution in [0.4, 0.5) is 0 Å². The van der Waals surface area contributed by atoms with E-state index in [0.29, 0.717) is 11.3 Å². The van der Waals surface area contributed by atoms with Crippen molar-refractivity contribution in [1.29, 1.82) is 0 Å². The van der Waals surface area contributed by atoms with E-state index in [1.54, 1.807) is 12.1 Å². The van der Waals surface area contributed by atoms with E-state index in [1.165, 1.54) is 16.4 Å². The summed E-state index contributed by atoms with van der Waals surface area (Å²) in [6.07, 6.45) is 7.88. The summed E-state index contributed by atoms with van der Waals surface area (Å²) in [5.41, 5.74) is 4.48. The molecule has 2 aromatic rings. The van der Waals surface area contributed by atoms with Gasteiger partial charge in [0.05, 0.1) is 11.1 Å². The highest BCUT2D eigenvalue weighted by Gasteiger charge is 2.12. The van der Waals surface area contributed by atoms with Crippen molar-refractivity contribution >= 4 is 23.2 Å². The number of amidine groups is 1. The third-order valence-corrected chi connectivity index (χ3v) is 5.64. The normalized spacial score (nSPS) is 15.5. The lowest BCUT2D eigenvalue weighted by Crippen LogP contribution is -2.45. The van der Waals surface area contributed by atoms with Gasteiger partial charge in [0.25, 0.3) is 0 Å². The van der Waals surface area contributed by atoms with E-state index < -0.39 is 0 Å². The molecule has 0 radical (unpaired) electrons. The Kier molecular flexibility index (Phi) is 8.06. The number of piperazine rings is 1. The Morgan fingerprint density at radius 3 is 2.39 bits per heavy atom. The monoisotopic (exact) mass is 445 g/mol. The molecule has 0 saturated carbocycles. The number of hydrogen-bond acceptors (Lipinski definition) is 4. The first-order valence-electron chi connectivity index (χ1n) is 11.4. The van der Waals surface area contributed by atoms with Crippen LogP contribution in [0.1, 0.15) is 40.2 Å². The van der Waals surface area contributed by atoms with E-state index in [-0.39, 0.29) is 5.75 Å². The summed E-state index contributed by atoms with van der Waals surface area (Å²) >= 11 is 0. The van der Waals surface area contributed by atoms with Gasteiger partial charge in [-0.1, -0.05) is 23.8 Å². The summed E-state index contributed by atoms with van der Waals surface area (Å²) in [6, 6.07) is 7.72. The minimum Gasteiger partial charge on any atom is -0.507 e. The number of allylic oxidation sites excluding steroid dienone is 3. The molecular weight excluding hydrogens is 410 g/mol. The quantitative estimate of drug-likeness (QED) is 0.422. The number of aromatic nitrogens is 1. The molecule has 0 amide bonds. The van der Waals surface area contributed by atoms with E-state index in [1.807, 2.05) is 25.3 Å². The fraction of sp³-hybridized carbons (Fsp3) is 0.333. The number of nitrogens with one attached hydrogen (secondary N) is 1. The van der Waals surface area contributed by atoms with E-state index in [4.69, 9.17) is 0 Å². The molecule has 33 heavy (non-hydrogen) atoms. The van der Waals surface area contributed by atoms with Gasteiger partial charge in [0.1, 0.15) is 11.6 Å². The first kappa shape index (κ1) is 24.3. The molecule has 0 bridgehead atoms. The number of rotatable bonds is 5. The van der Waals surface area contributed by atoms with Crippen LogP contribution in [0.3, 0.4) is 0 Å². The first-order valence-corrected chi connectivity index (χ1v) is 11.4. The zero-order valence-corrected chi connectivity index (χ0v) is 20.4. The van der Waals surface area contributed by atoms with E-state index >= 15 is 0 Å². The number of benzene rings is 1. The second-order valence-corrected chi connectivity index (χ2v) is 8.67. The number of phenols is 1. The third-order valence-electron chi connectivity index (χ3n) is 5.64. The van der Waals surface area contributed by atoms with Gasteiger partial charge in [-0.3, -0.25) is 0 Å². The molecule has 0 spiro atoms. The van der Waals surface area contributed by atoms with Gasteiger partial charge in [-0.15, -0.1) is 10.2 Å². The molecule has 1 aromatic heterocycles. The fourth-order valence-electron chi connectivity index (χ4n) is 3.78. The number of aromatic hydroxyl groups is 1. The number of nitrogens with zero attached hydrogens (tertiary/aromatic N) is 4. The van der Waals surface area contributed by atoms with Crippen LogP contribution in [0.2, 0.25) is 0 Å². The highest BCUT2D eigenvalue weighted by atomic mass is 16.3. The molecule has 3 rings (SSSR count). The Morgan fingerprint density at radius 2 is 1.79 bits per heavy atom. The van der Waals surface area contributed by atoms with Crippen molar-refractivity contribution in [1.82, 2.24) is 14.8 Å². The van der Waals surface area contributed by atoms with Crippen LogP contribution >= 0.6 is 0 Å². The smallest absolute Gasteiger partial charge is 0.127 e. The van der Waals surface area contributed by atoms with Crippen LogP contribution in [0.25, 0.3) is 17.3 Å². The lowest BCUT2D eigenvalue weighted by atomic mass is 10.1. The van der Waals surface area contributed by atoms with Gasteiger partial charge in [-0.05, 0) is 70.2 Å². The Morgan fingerprint density at radius 1 is 1.06 bits per heavy atom. The first-order chi connectivity index (χ1) is 15.8. The molecule has 0 unspecified atom stereocenters. The van der Waals surface area contributed by atoms with Crippen molar-refractivity contribution in [2.75, 3.05) is 26.2 Å². The predicted molar refractivity (Wildman–Crippen MR) is 140 cm³/mol. The van der Waals surface area contributed by atoms with E-state index in [2.05, 4.69) is 77.5 Å². The van der Waals surface area contributed by atoms with Gasteiger partial charge in [0.15, 0.2) is 0 Å². The molecule has 0 aliphatic carbocycles. The molecule has 6 nitrogen and oxygen atoms in total. The SMILES string of the molecule is C=C/C(=N\N=C(/C)N1CCNCC1)c1ccc(-n2ccc(=C(C)C)/c2=C\C=C(C)C)cc1O. The topological polar surface area (TPSA) is 65.2 Å². The molecule has 1 saturated heterocycles. The van der Waals surface area contributed by atoms with Crippen LogP contribution in [0.5, 0.6) is 5.75 Å². The fourth-order valence-corrected chi connectivity index (χ4v) is 3.78. The highest BCUT2D eigenvalue weighted by molar-refractivity contribution is 6.10. The zero-order chi connectivity index (χ0) is 24.0. The molecule has 1 aliphatic heterocycles. The maximum absolute atomic E-state index is 10.9. The van der Waals surface area contributed by atoms with Gasteiger partial charge in [0.2, 0.25) is 0 Å². The van der Waals surface area contributed by atoms with Gasteiger partial charge < -0.3 is 19.9 Å². The minimum absolute atomic E-state index is 0.141. The van der Waals surface area contributed by atoms with Crippen LogP contribution in [0.15, 0.2) is 65.0 Å². The summed E-state index contributed by atoms with van der Waals surface area (Å²) in [6.45, 7) is 17.9. The van der Waals surface area contributed by atoms with Crippen molar-refractivity contribution in [2.24, 2.45) is 10.2 Å². The molecule has 1 aromatic carbocycles. The molecule has 0 atom stereocenters. The van der Waals surface area contributed by atoms with Gasteiger partial charge in [-0.25, -0.2) is 0 Å². The predicted octanol–water partition coefficient (Wildman–Crippen LogP) is 3.33. The van der Waals surface area contributed by atoms with Gasteiger partial charge >= 0.3 is 0 Å². The third kappa shape index (κ3) is 5.90. The maximum atomic E-state index is 10.9. The van der Waals surface area contributed by atoms with Gasteiger partial charge in [-0.2, -0.15) is 0 Å². The van der Waals surface area contributed by atoms with Crippen LogP contribution in [-0.2, 0) is 0 Å². The Bertz CT molecular complexity index is 1220. The molecule has 2 N–H and O–H groups in total. The summed E-state index contributed by atoms with van der Waals surface area (Å²) in [5.74, 6) is 0.999. The largest absolute Gasteiger partial charge is 0.507 e. The number of phenolic OH excluding ortho intramolecular Hbond substituents is 1. The second kappa shape index (κ2) is 11.0. The Labute approximate surface area is 196 Å². The van der Waals surface area contributed by atoms with Crippen molar-refractivity contribution in [3.8, 4) is 11.4 Å². The van der Waals surface area contributed by atoms with Crippen LogP contribution in [0, 0.1) is 0 Å². The second-order valence-electron chi connectivity index (χ2n) is 8.67. The standard InChI is InChI=1S/C27H35N5O/c1-7-25(30-29-21(6)31-16-13-28-14-17-31)24-10-9-22(18-27(24)33)32-15-12-23(20(4)5)26(32)11-8-19(2)3/h7-12,15,18,28,33H,1,13-14,16-17H2,2-6H3/b26-11+,29-21+,30-25+. The molecule has 174 valence electrons. The minimum atomic E-state index is 0.141. The summed E-state index contributed by atoms with van der Waals surface area (Å²) in [5, 5.41) is 25.2. The van der Waals surface area contributed by atoms with E-state index in [0.717, 1.165) is 43.1 Å². The maximum Gasteiger partial charge on any atom is 0.127 e. The summed E-state index contributed by atoms with van der Waals surface area (Å²) in [4.78, 5) is 2.20. The highest BCUT2D eigenvalue weighted by Crippen LogP contribution is 2.22. The van der Waals surface area contributed by atoms with Crippen LogP contribution in [-0.4, -0.2) is 52.3 Å². The molecule has 6 heteroatoms. The van der Waals surface area contributed by atoms with Crippen molar-refractivity contribution in [3.05, 3.63) is 70.9 Å². The average Bonchev–Trinajstić information content (AvgIpc) is 3.23. The summed E-state index contributed by atoms with van der Waals surface area (Å²) < 4.78 is 2.09. The average molecular weight is 446 g/mol. The van der Waals surface area contributed by atoms with Crippen molar-refractivity contribution < 1.29 is 5.11 Å². The molecular formula is C27H35N5O. The lowest BCUT2D eigenvalue weighted by molar-refractivity contribution is 0.355. The Hall–Kier alpha value is -3.38. The summed E-state index contributed by atoms with van der Waals surface area (Å²) in [7, 11) is 0. The van der Waals surface area contributed by atoms with Crippen molar-refractivity contribution in [3.63, 3.8) is 0 Å². The van der Waals surface area contributed by atoms with E-state index in [9.17, 15) is 5.11 Å². The lowest BCUT2D eigenvalue weighted by Gasteiger charge is -2.28. The zero-order valence-electron chi connectivity index (χ0n) is 20.4.